The van der Waals surface area contributed by atoms with Crippen LogP contribution in [-0.2, 0) is 23.9 Å². The van der Waals surface area contributed by atoms with E-state index >= 15 is 0 Å². The molecule has 0 aromatic carbocycles. The summed E-state index contributed by atoms with van der Waals surface area (Å²) in [4.78, 5) is 46.4. The fourth-order valence-electron chi connectivity index (χ4n) is 1.96. The molecule has 1 aliphatic heterocycles. The van der Waals surface area contributed by atoms with Crippen LogP contribution in [0.25, 0.3) is 0 Å². The van der Waals surface area contributed by atoms with Gasteiger partial charge < -0.3 is 14.7 Å². The Morgan fingerprint density at radius 1 is 1.32 bits per heavy atom. The van der Waals surface area contributed by atoms with Gasteiger partial charge in [-0.2, -0.15) is 0 Å². The van der Waals surface area contributed by atoms with Crippen molar-refractivity contribution >= 4 is 23.4 Å². The third-order valence-corrected chi connectivity index (χ3v) is 3.02. The predicted octanol–water partition coefficient (Wildman–Crippen LogP) is -1.06. The van der Waals surface area contributed by atoms with E-state index in [1.54, 1.807) is 0 Å². The minimum Gasteiger partial charge on any atom is -0.446 e. The molecule has 102 valence electrons. The van der Waals surface area contributed by atoms with Gasteiger partial charge in [0.15, 0.2) is 11.6 Å². The number of ketones is 2. The first-order chi connectivity index (χ1) is 8.99. The van der Waals surface area contributed by atoms with E-state index in [2.05, 4.69) is 0 Å². The number of esters is 1. The number of aliphatic hydroxyl groups excluding tert-OH is 1. The maximum absolute atomic E-state index is 11.5. The highest BCUT2D eigenvalue weighted by molar-refractivity contribution is 6.12. The summed E-state index contributed by atoms with van der Waals surface area (Å²) in [6, 6.07) is 0. The molecule has 1 fully saturated rings. The minimum absolute atomic E-state index is 0.0269. The lowest BCUT2D eigenvalue weighted by atomic mass is 10.3. The van der Waals surface area contributed by atoms with Gasteiger partial charge in [-0.25, -0.2) is 0 Å². The number of nitrogens with zero attached hydrogens (tertiary/aromatic N) is 1. The van der Waals surface area contributed by atoms with Crippen molar-refractivity contribution in [3.8, 4) is 0 Å². The number of hydrogen-bond donors (Lipinski definition) is 1. The van der Waals surface area contributed by atoms with E-state index in [-0.39, 0.29) is 25.8 Å². The van der Waals surface area contributed by atoms with Crippen molar-refractivity contribution in [2.24, 2.45) is 0 Å². The summed E-state index contributed by atoms with van der Waals surface area (Å²) in [5.41, 5.74) is 0. The average molecular weight is 267 g/mol. The smallest absolute Gasteiger partial charge is 0.308 e. The SMILES string of the molecule is O=C(CCN1C(=O)C=CC1O)OC1C(=O)CCC1=O. The molecule has 0 aromatic heterocycles. The van der Waals surface area contributed by atoms with Gasteiger partial charge in [-0.05, 0) is 6.08 Å². The third kappa shape index (κ3) is 2.87. The van der Waals surface area contributed by atoms with Crippen LogP contribution in [0.15, 0.2) is 12.2 Å². The highest BCUT2D eigenvalue weighted by Crippen LogP contribution is 2.15. The van der Waals surface area contributed by atoms with Crippen molar-refractivity contribution in [1.29, 1.82) is 0 Å². The first-order valence-electron chi connectivity index (χ1n) is 5.91. The first kappa shape index (κ1) is 13.4. The minimum atomic E-state index is -1.29. The van der Waals surface area contributed by atoms with E-state index in [4.69, 9.17) is 4.74 Å². The lowest BCUT2D eigenvalue weighted by Gasteiger charge is -2.20. The highest BCUT2D eigenvalue weighted by atomic mass is 16.6. The Kier molecular flexibility index (Phi) is 3.75. The largest absolute Gasteiger partial charge is 0.446 e. The van der Waals surface area contributed by atoms with Gasteiger partial charge in [-0.3, -0.25) is 19.2 Å². The number of Topliss-reactive ketones (excluding diaryl/α,β-unsaturated/α-hetero) is 2. The number of hydrogen-bond acceptors (Lipinski definition) is 6. The van der Waals surface area contributed by atoms with E-state index in [1.165, 1.54) is 12.2 Å². The number of carbonyl (C=O) groups excluding carboxylic acids is 4. The van der Waals surface area contributed by atoms with Crippen LogP contribution < -0.4 is 0 Å². The van der Waals surface area contributed by atoms with Crippen molar-refractivity contribution < 1.29 is 29.0 Å². The molecule has 7 heteroatoms. The molecule has 0 saturated heterocycles. The Labute approximate surface area is 108 Å². The third-order valence-electron chi connectivity index (χ3n) is 3.02. The Hall–Kier alpha value is -2.02. The lowest BCUT2D eigenvalue weighted by molar-refractivity contribution is -0.158. The zero-order chi connectivity index (χ0) is 14.0. The fraction of sp³-hybridized carbons (Fsp3) is 0.500. The molecule has 0 bridgehead atoms. The summed E-state index contributed by atoms with van der Waals surface area (Å²) in [6.07, 6.45) is 0.202. The van der Waals surface area contributed by atoms with Gasteiger partial charge in [0.1, 0.15) is 6.23 Å². The van der Waals surface area contributed by atoms with Crippen molar-refractivity contribution in [2.75, 3.05) is 6.54 Å². The first-order valence-corrected chi connectivity index (χ1v) is 5.91. The molecule has 0 aromatic rings. The second-order valence-electron chi connectivity index (χ2n) is 4.36. The maximum atomic E-state index is 11.5. The quantitative estimate of drug-likeness (QED) is 0.514. The number of rotatable bonds is 4. The van der Waals surface area contributed by atoms with Gasteiger partial charge in [0.25, 0.3) is 0 Å². The summed E-state index contributed by atoms with van der Waals surface area (Å²) in [7, 11) is 0. The van der Waals surface area contributed by atoms with Crippen LogP contribution in [0.5, 0.6) is 0 Å². The van der Waals surface area contributed by atoms with Crippen LogP contribution in [0.3, 0.4) is 0 Å². The van der Waals surface area contributed by atoms with Crippen LogP contribution in [0.2, 0.25) is 0 Å². The zero-order valence-corrected chi connectivity index (χ0v) is 10.1. The Morgan fingerprint density at radius 2 is 1.95 bits per heavy atom. The number of aliphatic hydroxyl groups is 1. The molecule has 1 N–H and O–H groups in total. The molecule has 2 rings (SSSR count). The monoisotopic (exact) mass is 267 g/mol. The van der Waals surface area contributed by atoms with Crippen LogP contribution >= 0.6 is 0 Å². The predicted molar refractivity (Wildman–Crippen MR) is 60.6 cm³/mol. The molecule has 0 spiro atoms. The number of ether oxygens (including phenoxy) is 1. The molecule has 1 unspecified atom stereocenters. The van der Waals surface area contributed by atoms with Crippen molar-refractivity contribution in [2.45, 2.75) is 31.6 Å². The molecular weight excluding hydrogens is 254 g/mol. The number of amides is 1. The summed E-state index contributed by atoms with van der Waals surface area (Å²) in [5, 5.41) is 9.40. The molecule has 1 saturated carbocycles. The average Bonchev–Trinajstić information content (AvgIpc) is 2.84. The Morgan fingerprint density at radius 3 is 2.47 bits per heavy atom. The summed E-state index contributed by atoms with van der Waals surface area (Å²) in [5.74, 6) is -1.91. The molecule has 19 heavy (non-hydrogen) atoms. The van der Waals surface area contributed by atoms with E-state index < -0.39 is 35.8 Å². The molecule has 1 atom stereocenters. The van der Waals surface area contributed by atoms with Crippen LogP contribution in [0.4, 0.5) is 0 Å². The van der Waals surface area contributed by atoms with Gasteiger partial charge in [0.05, 0.1) is 6.42 Å². The fourth-order valence-corrected chi connectivity index (χ4v) is 1.96. The highest BCUT2D eigenvalue weighted by Gasteiger charge is 2.36. The van der Waals surface area contributed by atoms with Crippen LogP contribution in [0, 0.1) is 0 Å². The molecule has 1 amide bonds. The molecule has 0 radical (unpaired) electrons. The second kappa shape index (κ2) is 5.31. The molecule has 7 nitrogen and oxygen atoms in total. The van der Waals surface area contributed by atoms with E-state index in [0.29, 0.717) is 0 Å². The molecule has 1 aliphatic carbocycles. The Bertz CT molecular complexity index is 453. The Balaban J connectivity index is 1.81. The zero-order valence-electron chi connectivity index (χ0n) is 10.1. The van der Waals surface area contributed by atoms with Gasteiger partial charge in [0.2, 0.25) is 12.0 Å². The van der Waals surface area contributed by atoms with Crippen molar-refractivity contribution in [1.82, 2.24) is 4.90 Å². The van der Waals surface area contributed by atoms with Crippen LogP contribution in [-0.4, -0.2) is 52.3 Å². The second-order valence-corrected chi connectivity index (χ2v) is 4.36. The topological polar surface area (TPSA) is 101 Å². The van der Waals surface area contributed by atoms with Gasteiger partial charge in [0, 0.05) is 25.5 Å². The van der Waals surface area contributed by atoms with Crippen molar-refractivity contribution in [3.63, 3.8) is 0 Å². The summed E-state index contributed by atoms with van der Waals surface area (Å²) in [6.45, 7) is -0.0269. The summed E-state index contributed by atoms with van der Waals surface area (Å²) < 4.78 is 4.79. The van der Waals surface area contributed by atoms with Gasteiger partial charge in [-0.15, -0.1) is 0 Å². The standard InChI is InChI=1S/C12H13NO6/c14-7-1-2-8(15)12(7)19-11(18)5-6-13-9(16)3-4-10(13)17/h3-4,9,12,16H,1-2,5-6H2. The maximum Gasteiger partial charge on any atom is 0.308 e. The van der Waals surface area contributed by atoms with E-state index in [0.717, 1.165) is 4.90 Å². The van der Waals surface area contributed by atoms with Gasteiger partial charge >= 0.3 is 5.97 Å². The molecule has 1 heterocycles. The lowest BCUT2D eigenvalue weighted by Crippen LogP contribution is -2.36. The summed E-state index contributed by atoms with van der Waals surface area (Å²) >= 11 is 0. The normalized spacial score (nSPS) is 23.5. The molecule has 2 aliphatic rings. The number of carbonyl (C=O) groups is 4. The van der Waals surface area contributed by atoms with Crippen molar-refractivity contribution in [3.05, 3.63) is 12.2 Å². The van der Waals surface area contributed by atoms with Crippen LogP contribution in [0.1, 0.15) is 19.3 Å². The molecular formula is C12H13NO6. The van der Waals surface area contributed by atoms with E-state index in [9.17, 15) is 24.3 Å². The van der Waals surface area contributed by atoms with E-state index in [1.807, 2.05) is 0 Å². The van der Waals surface area contributed by atoms with Gasteiger partial charge in [-0.1, -0.05) is 0 Å².